The highest BCUT2D eigenvalue weighted by Crippen LogP contribution is 2.46. The Morgan fingerprint density at radius 3 is 1.59 bits per heavy atom. The highest BCUT2D eigenvalue weighted by Gasteiger charge is 2.37. The third-order valence-corrected chi connectivity index (χ3v) is 7.21. The maximum absolute atomic E-state index is 11.2. The molecule has 9 nitrogen and oxygen atoms in total. The molecule has 0 aromatic carbocycles. The summed E-state index contributed by atoms with van der Waals surface area (Å²) in [5.41, 5.74) is -0.646. The zero-order valence-corrected chi connectivity index (χ0v) is 18.2. The number of hydrogen-bond acceptors (Lipinski definition) is 6. The number of unbranched alkanes of at least 4 members (excludes halogenated alkanes) is 1. The molecular weight excluding hydrogens is 420 g/mol. The van der Waals surface area contributed by atoms with E-state index in [-0.39, 0.29) is 25.0 Å². The quantitative estimate of drug-likeness (QED) is 0.250. The van der Waals surface area contributed by atoms with Gasteiger partial charge in [0.2, 0.25) is 0 Å². The summed E-state index contributed by atoms with van der Waals surface area (Å²) in [6.45, 7) is 3.71. The molecule has 0 heterocycles. The second kappa shape index (κ2) is 11.1. The minimum atomic E-state index is -4.20. The molecular formula is C15H31O9S3. The van der Waals surface area contributed by atoms with Gasteiger partial charge < -0.3 is 0 Å². The Balaban J connectivity index is 5.26. The van der Waals surface area contributed by atoms with Crippen molar-refractivity contribution in [2.75, 3.05) is 17.3 Å². The van der Waals surface area contributed by atoms with E-state index < -0.39 is 47.3 Å². The summed E-state index contributed by atoms with van der Waals surface area (Å²) < 4.78 is 93.0. The first-order chi connectivity index (χ1) is 12.1. The largest absolute Gasteiger partial charge is 0.286 e. The fraction of sp³-hybridized carbons (Fsp3) is 0.933. The van der Waals surface area contributed by atoms with Gasteiger partial charge in [-0.1, -0.05) is 20.3 Å². The van der Waals surface area contributed by atoms with E-state index in [4.69, 9.17) is 13.7 Å². The van der Waals surface area contributed by atoms with Gasteiger partial charge in [0.25, 0.3) is 30.4 Å². The van der Waals surface area contributed by atoms with Crippen molar-refractivity contribution in [1.29, 1.82) is 0 Å². The molecule has 0 aliphatic carbocycles. The van der Waals surface area contributed by atoms with E-state index in [2.05, 4.69) is 0 Å². The van der Waals surface area contributed by atoms with E-state index >= 15 is 0 Å². The van der Waals surface area contributed by atoms with Gasteiger partial charge in [-0.05, 0) is 56.3 Å². The Bertz CT molecular complexity index is 741. The average molecular weight is 452 g/mol. The maximum Gasteiger partial charge on any atom is 0.264 e. The van der Waals surface area contributed by atoms with E-state index in [1.807, 2.05) is 13.8 Å². The summed E-state index contributed by atoms with van der Waals surface area (Å²) in [7, 11) is -12.4. The lowest BCUT2D eigenvalue weighted by molar-refractivity contribution is 0.231. The van der Waals surface area contributed by atoms with Gasteiger partial charge in [-0.25, -0.2) is 0 Å². The minimum absolute atomic E-state index is 0.106. The summed E-state index contributed by atoms with van der Waals surface area (Å²) in [5.74, 6) is -0.322. The van der Waals surface area contributed by atoms with E-state index in [1.54, 1.807) is 0 Å². The molecule has 163 valence electrons. The predicted octanol–water partition coefficient (Wildman–Crippen LogP) is 2.37. The molecule has 0 aliphatic heterocycles. The van der Waals surface area contributed by atoms with Gasteiger partial charge in [0.1, 0.15) is 0 Å². The van der Waals surface area contributed by atoms with Crippen molar-refractivity contribution < 1.29 is 38.9 Å². The molecule has 1 radical (unpaired) electrons. The lowest BCUT2D eigenvalue weighted by atomic mass is 9.66. The molecule has 0 aliphatic rings. The topological polar surface area (TPSA) is 163 Å². The average Bonchev–Trinajstić information content (AvgIpc) is 2.48. The molecule has 0 rings (SSSR count). The molecule has 1 atom stereocenters. The summed E-state index contributed by atoms with van der Waals surface area (Å²) in [5, 5.41) is 0. The Labute approximate surface area is 163 Å². The minimum Gasteiger partial charge on any atom is -0.286 e. The third-order valence-electron chi connectivity index (χ3n) is 4.88. The van der Waals surface area contributed by atoms with Crippen LogP contribution < -0.4 is 0 Å². The molecule has 0 fully saturated rings. The summed E-state index contributed by atoms with van der Waals surface area (Å²) in [6.07, 6.45) is 2.85. The van der Waals surface area contributed by atoms with Crippen molar-refractivity contribution in [3.05, 3.63) is 5.92 Å². The van der Waals surface area contributed by atoms with Crippen LogP contribution in [0.1, 0.15) is 65.2 Å². The van der Waals surface area contributed by atoms with Crippen LogP contribution in [-0.2, 0) is 30.4 Å². The van der Waals surface area contributed by atoms with Crippen molar-refractivity contribution in [2.45, 2.75) is 65.2 Å². The van der Waals surface area contributed by atoms with Crippen LogP contribution in [0.2, 0.25) is 0 Å². The van der Waals surface area contributed by atoms with Crippen LogP contribution in [0, 0.1) is 11.3 Å². The van der Waals surface area contributed by atoms with Crippen molar-refractivity contribution >= 4 is 30.4 Å². The third kappa shape index (κ3) is 12.7. The van der Waals surface area contributed by atoms with Gasteiger partial charge in [-0.3, -0.25) is 13.7 Å². The van der Waals surface area contributed by atoms with Crippen molar-refractivity contribution in [3.63, 3.8) is 0 Å². The van der Waals surface area contributed by atoms with Gasteiger partial charge in [-0.2, -0.15) is 25.3 Å². The first kappa shape index (κ1) is 26.7. The predicted molar refractivity (Wildman–Crippen MR) is 103 cm³/mol. The number of hydrogen-bond donors (Lipinski definition) is 3. The smallest absolute Gasteiger partial charge is 0.264 e. The molecule has 0 saturated carbocycles. The molecule has 0 spiro atoms. The highest BCUT2D eigenvalue weighted by molar-refractivity contribution is 7.86. The lowest BCUT2D eigenvalue weighted by Gasteiger charge is -2.40. The van der Waals surface area contributed by atoms with E-state index in [0.29, 0.717) is 32.1 Å². The zero-order chi connectivity index (χ0) is 21.4. The van der Waals surface area contributed by atoms with E-state index in [1.165, 1.54) is 0 Å². The lowest BCUT2D eigenvalue weighted by Crippen LogP contribution is -2.32. The Morgan fingerprint density at radius 1 is 0.704 bits per heavy atom. The van der Waals surface area contributed by atoms with Gasteiger partial charge in [0.15, 0.2) is 0 Å². The monoisotopic (exact) mass is 451 g/mol. The molecule has 1 unspecified atom stereocenters. The molecule has 3 N–H and O–H groups in total. The van der Waals surface area contributed by atoms with Crippen molar-refractivity contribution in [3.8, 4) is 0 Å². The Morgan fingerprint density at radius 2 is 1.19 bits per heavy atom. The van der Waals surface area contributed by atoms with Gasteiger partial charge in [-0.15, -0.1) is 0 Å². The molecule has 0 aromatic heterocycles. The summed E-state index contributed by atoms with van der Waals surface area (Å²) >= 11 is 0. The fourth-order valence-electron chi connectivity index (χ4n) is 3.44. The highest BCUT2D eigenvalue weighted by atomic mass is 32.2. The van der Waals surface area contributed by atoms with Crippen LogP contribution in [0.3, 0.4) is 0 Å². The van der Waals surface area contributed by atoms with Crippen LogP contribution in [0.5, 0.6) is 0 Å². The Kier molecular flexibility index (Phi) is 10.9. The fourth-order valence-corrected chi connectivity index (χ4v) is 5.17. The molecule has 12 heteroatoms. The second-order valence-corrected chi connectivity index (χ2v) is 11.5. The van der Waals surface area contributed by atoms with Crippen molar-refractivity contribution in [1.82, 2.24) is 0 Å². The van der Waals surface area contributed by atoms with Crippen LogP contribution in [0.15, 0.2) is 0 Å². The summed E-state index contributed by atoms with van der Waals surface area (Å²) in [6, 6.07) is 0. The summed E-state index contributed by atoms with van der Waals surface area (Å²) in [4.78, 5) is 0. The zero-order valence-electron chi connectivity index (χ0n) is 15.8. The molecule has 27 heavy (non-hydrogen) atoms. The molecule has 0 bridgehead atoms. The Hall–Kier alpha value is -0.270. The normalized spacial score (nSPS) is 15.8. The SMILES string of the molecule is CC[C](CCCCS(=O)(=O)O)C(CC)(CCCS(=O)(=O)O)CCS(=O)(=O)O. The first-order valence-corrected chi connectivity index (χ1v) is 13.7. The van der Waals surface area contributed by atoms with E-state index in [9.17, 15) is 25.3 Å². The van der Waals surface area contributed by atoms with Gasteiger partial charge in [0.05, 0.1) is 17.3 Å². The first-order valence-electron chi connectivity index (χ1n) is 8.85. The molecule has 0 aromatic rings. The van der Waals surface area contributed by atoms with Gasteiger partial charge >= 0.3 is 0 Å². The van der Waals surface area contributed by atoms with Crippen LogP contribution in [0.4, 0.5) is 0 Å². The molecule has 0 amide bonds. The van der Waals surface area contributed by atoms with E-state index in [0.717, 1.165) is 5.92 Å². The molecule has 0 saturated heterocycles. The standard InChI is InChI=1S/C15H31O9S3/c1-3-14(8-5-6-11-25(16,17)18)15(4-2,10-13-27(22,23)24)9-7-12-26(19,20)21/h3-13H2,1-2H3,(H,16,17,18)(H,19,20,21)(H,22,23,24). The van der Waals surface area contributed by atoms with Crippen molar-refractivity contribution in [2.24, 2.45) is 5.41 Å². The van der Waals surface area contributed by atoms with Gasteiger partial charge in [0, 0.05) is 0 Å². The van der Waals surface area contributed by atoms with Crippen LogP contribution >= 0.6 is 0 Å². The number of rotatable bonds is 15. The van der Waals surface area contributed by atoms with Crippen LogP contribution in [-0.4, -0.2) is 56.2 Å². The maximum atomic E-state index is 11.2. The van der Waals surface area contributed by atoms with Crippen LogP contribution in [0.25, 0.3) is 0 Å². The second-order valence-electron chi connectivity index (χ2n) is 6.76.